The smallest absolute Gasteiger partial charge is 0.229 e. The number of hydrogen-bond donors (Lipinski definition) is 0. The Balaban J connectivity index is 1.82. The summed E-state index contributed by atoms with van der Waals surface area (Å²) < 4.78 is 40.8. The van der Waals surface area contributed by atoms with E-state index in [2.05, 4.69) is 4.98 Å². The zero-order chi connectivity index (χ0) is 18.7. The van der Waals surface area contributed by atoms with Gasteiger partial charge in [0.25, 0.3) is 0 Å². The predicted molar refractivity (Wildman–Crippen MR) is 95.3 cm³/mol. The molecular weight excluding hydrogens is 361 g/mol. The Morgan fingerprint density at radius 2 is 1.88 bits per heavy atom. The molecule has 2 aromatic carbocycles. The molecule has 7 heteroatoms. The summed E-state index contributed by atoms with van der Waals surface area (Å²) in [6.45, 7) is 2.99. The Hall–Kier alpha value is -2.41. The maximum atomic E-state index is 13.8. The quantitative estimate of drug-likeness (QED) is 0.583. The Morgan fingerprint density at radius 3 is 2.58 bits per heavy atom. The molecule has 3 aromatic rings. The van der Waals surface area contributed by atoms with Gasteiger partial charge in [-0.1, -0.05) is 37.3 Å². The monoisotopic (exact) mass is 378 g/mol. The first-order valence-corrected chi connectivity index (χ1v) is 9.05. The van der Waals surface area contributed by atoms with Gasteiger partial charge in [-0.3, -0.25) is 4.79 Å². The zero-order valence-corrected chi connectivity index (χ0v) is 15.0. The first kappa shape index (κ1) is 18.4. The fourth-order valence-electron chi connectivity index (χ4n) is 2.71. The molecule has 0 spiro atoms. The van der Waals surface area contributed by atoms with Crippen molar-refractivity contribution in [3.05, 3.63) is 64.4 Å². The number of hydrogen-bond acceptors (Lipinski definition) is 3. The third-order valence-electron chi connectivity index (χ3n) is 3.93. The zero-order valence-electron chi connectivity index (χ0n) is 14.1. The van der Waals surface area contributed by atoms with Crippen LogP contribution in [0.3, 0.4) is 0 Å². The summed E-state index contributed by atoms with van der Waals surface area (Å²) in [6, 6.07) is 10.0. The highest BCUT2D eigenvalue weighted by atomic mass is 32.1. The number of carbonyl (C=O) groups excluding carboxylic acids is 1. The molecule has 1 heterocycles. The SMILES string of the molecule is CCCN(Cc1ccccc1)C(=O)Cc1nc2c(F)cc(F)c(F)c2s1. The second kappa shape index (κ2) is 7.86. The van der Waals surface area contributed by atoms with Crippen molar-refractivity contribution in [2.45, 2.75) is 26.3 Å². The maximum Gasteiger partial charge on any atom is 0.229 e. The van der Waals surface area contributed by atoms with Crippen LogP contribution in [0.25, 0.3) is 10.2 Å². The van der Waals surface area contributed by atoms with Gasteiger partial charge < -0.3 is 4.90 Å². The number of thiazole rings is 1. The minimum atomic E-state index is -1.26. The van der Waals surface area contributed by atoms with E-state index in [4.69, 9.17) is 0 Å². The lowest BCUT2D eigenvalue weighted by atomic mass is 10.2. The van der Waals surface area contributed by atoms with Crippen LogP contribution >= 0.6 is 11.3 Å². The van der Waals surface area contributed by atoms with E-state index in [0.717, 1.165) is 23.3 Å². The van der Waals surface area contributed by atoms with Gasteiger partial charge in [-0.25, -0.2) is 18.2 Å². The summed E-state index contributed by atoms with van der Waals surface area (Å²) in [5.41, 5.74) is 0.763. The molecule has 136 valence electrons. The first-order chi connectivity index (χ1) is 12.5. The van der Waals surface area contributed by atoms with E-state index in [-0.39, 0.29) is 27.6 Å². The highest BCUT2D eigenvalue weighted by Gasteiger charge is 2.20. The molecule has 0 aliphatic heterocycles. The van der Waals surface area contributed by atoms with Crippen molar-refractivity contribution in [1.29, 1.82) is 0 Å². The molecule has 0 saturated carbocycles. The highest BCUT2D eigenvalue weighted by molar-refractivity contribution is 7.18. The average molecular weight is 378 g/mol. The van der Waals surface area contributed by atoms with Crippen molar-refractivity contribution in [2.75, 3.05) is 6.54 Å². The van der Waals surface area contributed by atoms with Crippen molar-refractivity contribution in [3.8, 4) is 0 Å². The molecule has 0 fully saturated rings. The van der Waals surface area contributed by atoms with Gasteiger partial charge in [0, 0.05) is 19.2 Å². The van der Waals surface area contributed by atoms with Crippen LogP contribution in [0.4, 0.5) is 13.2 Å². The number of halogens is 3. The Bertz CT molecular complexity index is 927. The molecule has 0 aliphatic carbocycles. The van der Waals surface area contributed by atoms with E-state index in [0.29, 0.717) is 19.2 Å². The standard InChI is InChI=1S/C19H17F3N2OS/c1-2-8-24(11-12-6-4-3-5-7-12)16(25)10-15-23-18-14(21)9-13(20)17(22)19(18)26-15/h3-7,9H,2,8,10-11H2,1H3. The van der Waals surface area contributed by atoms with Crippen molar-refractivity contribution in [1.82, 2.24) is 9.88 Å². The third-order valence-corrected chi connectivity index (χ3v) is 4.97. The van der Waals surface area contributed by atoms with E-state index in [1.807, 2.05) is 37.3 Å². The Morgan fingerprint density at radius 1 is 1.15 bits per heavy atom. The van der Waals surface area contributed by atoms with Crippen molar-refractivity contribution in [2.24, 2.45) is 0 Å². The van der Waals surface area contributed by atoms with E-state index in [1.165, 1.54) is 0 Å². The van der Waals surface area contributed by atoms with Crippen LogP contribution in [0.5, 0.6) is 0 Å². The summed E-state index contributed by atoms with van der Waals surface area (Å²) in [6.07, 6.45) is 0.708. The Kier molecular flexibility index (Phi) is 5.56. The van der Waals surface area contributed by atoms with E-state index in [9.17, 15) is 18.0 Å². The summed E-state index contributed by atoms with van der Waals surface area (Å²) in [7, 11) is 0. The molecular formula is C19H17F3N2OS. The lowest BCUT2D eigenvalue weighted by Crippen LogP contribution is -2.32. The molecule has 0 atom stereocenters. The minimum Gasteiger partial charge on any atom is -0.338 e. The second-order valence-corrected chi connectivity index (χ2v) is 7.00. The molecule has 3 nitrogen and oxygen atoms in total. The molecule has 1 amide bonds. The summed E-state index contributed by atoms with van der Waals surface area (Å²) in [5.74, 6) is -3.50. The number of nitrogens with zero attached hydrogens (tertiary/aromatic N) is 2. The van der Waals surface area contributed by atoms with Gasteiger partial charge in [-0.05, 0) is 12.0 Å². The topological polar surface area (TPSA) is 33.2 Å². The van der Waals surface area contributed by atoms with Crippen molar-refractivity contribution < 1.29 is 18.0 Å². The minimum absolute atomic E-state index is 0.0767. The number of amides is 1. The summed E-state index contributed by atoms with van der Waals surface area (Å²) >= 11 is 0.809. The maximum absolute atomic E-state index is 13.8. The molecule has 3 rings (SSSR count). The Labute approximate surface area is 153 Å². The van der Waals surface area contributed by atoms with Crippen LogP contribution in [0.15, 0.2) is 36.4 Å². The molecule has 1 aromatic heterocycles. The van der Waals surface area contributed by atoms with Gasteiger partial charge in [-0.15, -0.1) is 11.3 Å². The molecule has 0 saturated heterocycles. The van der Waals surface area contributed by atoms with Crippen molar-refractivity contribution in [3.63, 3.8) is 0 Å². The number of aromatic nitrogens is 1. The highest BCUT2D eigenvalue weighted by Crippen LogP contribution is 2.29. The van der Waals surface area contributed by atoms with Crippen LogP contribution in [-0.2, 0) is 17.8 Å². The van der Waals surface area contributed by atoms with Crippen molar-refractivity contribution >= 4 is 27.5 Å². The van der Waals surface area contributed by atoms with Gasteiger partial charge in [0.2, 0.25) is 5.91 Å². The van der Waals surface area contributed by atoms with Gasteiger partial charge in [0.1, 0.15) is 10.5 Å². The fraction of sp³-hybridized carbons (Fsp3) is 0.263. The largest absolute Gasteiger partial charge is 0.338 e. The van der Waals surface area contributed by atoms with Gasteiger partial charge in [0.15, 0.2) is 17.5 Å². The molecule has 0 unspecified atom stereocenters. The molecule has 26 heavy (non-hydrogen) atoms. The summed E-state index contributed by atoms with van der Waals surface area (Å²) in [4.78, 5) is 18.3. The number of carbonyl (C=O) groups is 1. The molecule has 0 bridgehead atoms. The van der Waals surface area contributed by atoms with Crippen LogP contribution in [0.1, 0.15) is 23.9 Å². The van der Waals surface area contributed by atoms with Crippen LogP contribution in [0, 0.1) is 17.5 Å². The number of rotatable bonds is 6. The van der Waals surface area contributed by atoms with Crippen LogP contribution in [0.2, 0.25) is 0 Å². The van der Waals surface area contributed by atoms with Crippen LogP contribution in [-0.4, -0.2) is 22.3 Å². The fourth-order valence-corrected chi connectivity index (χ4v) is 3.70. The van der Waals surface area contributed by atoms with Gasteiger partial charge >= 0.3 is 0 Å². The lowest BCUT2D eigenvalue weighted by Gasteiger charge is -2.22. The van der Waals surface area contributed by atoms with Gasteiger partial charge in [-0.2, -0.15) is 0 Å². The molecule has 0 radical (unpaired) electrons. The molecule has 0 N–H and O–H groups in total. The van der Waals surface area contributed by atoms with E-state index < -0.39 is 17.5 Å². The second-order valence-electron chi connectivity index (χ2n) is 5.92. The predicted octanol–water partition coefficient (Wildman–Crippen LogP) is 4.69. The average Bonchev–Trinajstić information content (AvgIpc) is 3.05. The number of fused-ring (bicyclic) bond motifs is 1. The normalized spacial score (nSPS) is 11.1. The van der Waals surface area contributed by atoms with Gasteiger partial charge in [0.05, 0.1) is 11.1 Å². The summed E-state index contributed by atoms with van der Waals surface area (Å²) in [5, 5.41) is 0.266. The van der Waals surface area contributed by atoms with E-state index >= 15 is 0 Å². The van der Waals surface area contributed by atoms with E-state index in [1.54, 1.807) is 4.90 Å². The number of benzene rings is 2. The molecule has 0 aliphatic rings. The third kappa shape index (κ3) is 3.88. The van der Waals surface area contributed by atoms with Crippen LogP contribution < -0.4 is 0 Å². The first-order valence-electron chi connectivity index (χ1n) is 8.24. The lowest BCUT2D eigenvalue weighted by molar-refractivity contribution is -0.131.